The van der Waals surface area contributed by atoms with Crippen LogP contribution < -0.4 is 14.8 Å². The largest absolute Gasteiger partial charge is 0.493 e. The summed E-state index contributed by atoms with van der Waals surface area (Å²) in [6.45, 7) is 4.74. The van der Waals surface area contributed by atoms with E-state index in [1.807, 2.05) is 19.2 Å². The monoisotopic (exact) mass is 384 g/mol. The zero-order chi connectivity index (χ0) is 16.1. The lowest BCUT2D eigenvalue weighted by Gasteiger charge is -2.13. The predicted molar refractivity (Wildman–Crippen MR) is 89.9 cm³/mol. The molecule has 0 atom stereocenters. The summed E-state index contributed by atoms with van der Waals surface area (Å²) in [5, 5.41) is 5.68. The van der Waals surface area contributed by atoms with E-state index in [2.05, 4.69) is 26.2 Å². The molecule has 1 aromatic heterocycles. The van der Waals surface area contributed by atoms with Gasteiger partial charge in [0.15, 0.2) is 11.5 Å². The maximum absolute atomic E-state index is 12.3. The molecule has 0 bridgehead atoms. The van der Waals surface area contributed by atoms with E-state index in [0.717, 1.165) is 10.7 Å². The van der Waals surface area contributed by atoms with Gasteiger partial charge in [0.25, 0.3) is 5.91 Å². The minimum absolute atomic E-state index is 0.185. The van der Waals surface area contributed by atoms with Crippen LogP contribution in [0.25, 0.3) is 0 Å². The van der Waals surface area contributed by atoms with Crippen LogP contribution in [0, 0.1) is 6.92 Å². The van der Waals surface area contributed by atoms with Gasteiger partial charge in [0.1, 0.15) is 5.01 Å². The number of nitrogens with zero attached hydrogens (tertiary/aromatic N) is 1. The number of nitrogens with one attached hydrogen (secondary N) is 1. The molecule has 0 radical (unpaired) electrons. The highest BCUT2D eigenvalue weighted by Crippen LogP contribution is 2.36. The van der Waals surface area contributed by atoms with Crippen molar-refractivity contribution in [3.05, 3.63) is 38.3 Å². The Morgan fingerprint density at radius 3 is 2.82 bits per heavy atom. The van der Waals surface area contributed by atoms with E-state index < -0.39 is 0 Å². The average molecular weight is 385 g/mol. The molecule has 0 spiro atoms. The number of rotatable bonds is 6. The van der Waals surface area contributed by atoms with Gasteiger partial charge in [0, 0.05) is 16.6 Å². The van der Waals surface area contributed by atoms with Gasteiger partial charge in [0.05, 0.1) is 24.7 Å². The van der Waals surface area contributed by atoms with Gasteiger partial charge in [-0.05, 0) is 41.9 Å². The van der Waals surface area contributed by atoms with E-state index in [1.165, 1.54) is 11.3 Å². The molecular weight excluding hydrogens is 368 g/mol. The van der Waals surface area contributed by atoms with E-state index in [9.17, 15) is 4.79 Å². The molecule has 118 valence electrons. The average Bonchev–Trinajstić information content (AvgIpc) is 2.92. The third kappa shape index (κ3) is 3.98. The highest BCUT2D eigenvalue weighted by Gasteiger charge is 2.15. The quantitative estimate of drug-likeness (QED) is 0.826. The molecule has 2 aromatic rings. The van der Waals surface area contributed by atoms with E-state index in [1.54, 1.807) is 19.2 Å². The number of methoxy groups -OCH3 is 1. The van der Waals surface area contributed by atoms with E-state index in [-0.39, 0.29) is 5.91 Å². The Labute approximate surface area is 141 Å². The molecule has 0 unspecified atom stereocenters. The van der Waals surface area contributed by atoms with Crippen molar-refractivity contribution in [1.82, 2.24) is 10.3 Å². The summed E-state index contributed by atoms with van der Waals surface area (Å²) in [7, 11) is 1.55. The number of hydrogen-bond donors (Lipinski definition) is 1. The van der Waals surface area contributed by atoms with Crippen LogP contribution in [0.3, 0.4) is 0 Å². The number of hydrogen-bond acceptors (Lipinski definition) is 5. The van der Waals surface area contributed by atoms with Crippen molar-refractivity contribution in [3.8, 4) is 11.5 Å². The lowest BCUT2D eigenvalue weighted by Crippen LogP contribution is -2.22. The van der Waals surface area contributed by atoms with Crippen LogP contribution in [-0.4, -0.2) is 24.6 Å². The first kappa shape index (κ1) is 16.8. The molecule has 0 aliphatic rings. The molecule has 1 heterocycles. The second-order valence-corrected chi connectivity index (χ2v) is 6.28. The van der Waals surface area contributed by atoms with Crippen LogP contribution in [0.15, 0.2) is 22.0 Å². The fraction of sp³-hybridized carbons (Fsp3) is 0.333. The van der Waals surface area contributed by atoms with Crippen LogP contribution in [-0.2, 0) is 6.54 Å². The van der Waals surface area contributed by atoms with Gasteiger partial charge in [-0.1, -0.05) is 0 Å². The second kappa shape index (κ2) is 7.60. The Bertz CT molecular complexity index is 673. The maximum atomic E-state index is 12.3. The molecular formula is C15H17BrN2O3S. The van der Waals surface area contributed by atoms with Crippen molar-refractivity contribution >= 4 is 33.2 Å². The van der Waals surface area contributed by atoms with Gasteiger partial charge in [-0.15, -0.1) is 11.3 Å². The van der Waals surface area contributed by atoms with Crippen LogP contribution in [0.4, 0.5) is 0 Å². The molecule has 1 N–H and O–H groups in total. The highest BCUT2D eigenvalue weighted by atomic mass is 79.9. The standard InChI is InChI=1S/C15H17BrN2O3S/c1-4-21-14-11(16)5-10(6-12(14)20-3)15(19)17-7-13-18-9(2)8-22-13/h5-6,8H,4,7H2,1-3H3,(H,17,19). The number of carbonyl (C=O) groups is 1. The molecule has 1 aromatic carbocycles. The van der Waals surface area contributed by atoms with Crippen LogP contribution in [0.2, 0.25) is 0 Å². The molecule has 7 heteroatoms. The number of thiazole rings is 1. The Morgan fingerprint density at radius 2 is 2.23 bits per heavy atom. The predicted octanol–water partition coefficient (Wildman–Crippen LogP) is 3.55. The molecule has 0 aliphatic carbocycles. The molecule has 0 fully saturated rings. The van der Waals surface area contributed by atoms with Crippen molar-refractivity contribution in [2.45, 2.75) is 20.4 Å². The summed E-state index contributed by atoms with van der Waals surface area (Å²) >= 11 is 4.94. The van der Waals surface area contributed by atoms with E-state index >= 15 is 0 Å². The molecule has 5 nitrogen and oxygen atoms in total. The van der Waals surface area contributed by atoms with Gasteiger partial charge >= 0.3 is 0 Å². The minimum Gasteiger partial charge on any atom is -0.493 e. The summed E-state index contributed by atoms with van der Waals surface area (Å²) in [6, 6.07) is 3.38. The number of carbonyl (C=O) groups excluding carboxylic acids is 1. The second-order valence-electron chi connectivity index (χ2n) is 4.49. The van der Waals surface area contributed by atoms with Crippen molar-refractivity contribution in [2.75, 3.05) is 13.7 Å². The first-order valence-corrected chi connectivity index (χ1v) is 8.42. The maximum Gasteiger partial charge on any atom is 0.251 e. The molecule has 1 amide bonds. The van der Waals surface area contributed by atoms with Crippen molar-refractivity contribution in [1.29, 1.82) is 0 Å². The first-order valence-electron chi connectivity index (χ1n) is 6.74. The zero-order valence-corrected chi connectivity index (χ0v) is 15.0. The third-order valence-electron chi connectivity index (χ3n) is 2.85. The number of ether oxygens (including phenoxy) is 2. The fourth-order valence-corrected chi connectivity index (χ4v) is 3.15. The zero-order valence-electron chi connectivity index (χ0n) is 12.6. The van der Waals surface area contributed by atoms with Gasteiger partial charge in [-0.3, -0.25) is 4.79 Å². The first-order chi connectivity index (χ1) is 10.5. The lowest BCUT2D eigenvalue weighted by molar-refractivity contribution is 0.0950. The number of halogens is 1. The number of aromatic nitrogens is 1. The Balaban J connectivity index is 2.13. The van der Waals surface area contributed by atoms with Gasteiger partial charge in [-0.25, -0.2) is 4.98 Å². The Hall–Kier alpha value is -1.60. The van der Waals surface area contributed by atoms with Crippen LogP contribution >= 0.6 is 27.3 Å². The topological polar surface area (TPSA) is 60.5 Å². The molecule has 0 saturated heterocycles. The summed E-state index contributed by atoms with van der Waals surface area (Å²) in [6.07, 6.45) is 0. The smallest absolute Gasteiger partial charge is 0.251 e. The van der Waals surface area contributed by atoms with Crippen LogP contribution in [0.5, 0.6) is 11.5 Å². The number of amides is 1. The Morgan fingerprint density at radius 1 is 1.45 bits per heavy atom. The molecule has 2 rings (SSSR count). The minimum atomic E-state index is -0.185. The van der Waals surface area contributed by atoms with Gasteiger partial charge in [0.2, 0.25) is 0 Å². The summed E-state index contributed by atoms with van der Waals surface area (Å²) < 4.78 is 11.5. The fourth-order valence-electron chi connectivity index (χ4n) is 1.88. The van der Waals surface area contributed by atoms with Gasteiger partial charge in [-0.2, -0.15) is 0 Å². The van der Waals surface area contributed by atoms with Crippen molar-refractivity contribution in [3.63, 3.8) is 0 Å². The summed E-state index contributed by atoms with van der Waals surface area (Å²) in [5.41, 5.74) is 1.46. The third-order valence-corrected chi connectivity index (χ3v) is 4.40. The highest BCUT2D eigenvalue weighted by molar-refractivity contribution is 9.10. The molecule has 0 aliphatic heterocycles. The normalized spacial score (nSPS) is 10.4. The SMILES string of the molecule is CCOc1c(Br)cc(C(=O)NCc2nc(C)cs2)cc1OC. The lowest BCUT2D eigenvalue weighted by atomic mass is 10.2. The van der Waals surface area contributed by atoms with Crippen molar-refractivity contribution < 1.29 is 14.3 Å². The molecule has 22 heavy (non-hydrogen) atoms. The number of aryl methyl sites for hydroxylation is 1. The van der Waals surface area contributed by atoms with Gasteiger partial charge < -0.3 is 14.8 Å². The Kier molecular flexibility index (Phi) is 5.79. The van der Waals surface area contributed by atoms with E-state index in [4.69, 9.17) is 9.47 Å². The van der Waals surface area contributed by atoms with Crippen molar-refractivity contribution in [2.24, 2.45) is 0 Å². The summed E-state index contributed by atoms with van der Waals surface area (Å²) in [4.78, 5) is 16.6. The number of benzene rings is 1. The summed E-state index contributed by atoms with van der Waals surface area (Å²) in [5.74, 6) is 0.929. The molecule has 0 saturated carbocycles. The van der Waals surface area contributed by atoms with Crippen LogP contribution in [0.1, 0.15) is 28.0 Å². The van der Waals surface area contributed by atoms with E-state index in [0.29, 0.717) is 34.7 Å².